The van der Waals surface area contributed by atoms with Crippen LogP contribution < -0.4 is 5.56 Å². The Balaban J connectivity index is 1.43. The monoisotopic (exact) mass is 443 g/mol. The van der Waals surface area contributed by atoms with Crippen molar-refractivity contribution >= 4 is 22.7 Å². The van der Waals surface area contributed by atoms with Gasteiger partial charge in [-0.25, -0.2) is 0 Å². The Morgan fingerprint density at radius 2 is 1.97 bits per heavy atom. The molecule has 2 aromatic carbocycles. The van der Waals surface area contributed by atoms with E-state index in [-0.39, 0.29) is 24.1 Å². The van der Waals surface area contributed by atoms with Crippen molar-refractivity contribution in [3.05, 3.63) is 82.5 Å². The zero-order chi connectivity index (χ0) is 22.8. The Hall–Kier alpha value is -3.68. The summed E-state index contributed by atoms with van der Waals surface area (Å²) < 4.78 is 5.17. The van der Waals surface area contributed by atoms with Gasteiger partial charge < -0.3 is 14.6 Å². The number of hydrogen-bond acceptors (Lipinski definition) is 6. The van der Waals surface area contributed by atoms with Gasteiger partial charge in [-0.05, 0) is 60.8 Å². The molecular formula is C26H25N3O4. The fraction of sp³-hybridized carbons (Fsp3) is 0.231. The Bertz CT molecular complexity index is 1340. The summed E-state index contributed by atoms with van der Waals surface area (Å²) in [5.74, 6) is -0.221. The second kappa shape index (κ2) is 9.05. The summed E-state index contributed by atoms with van der Waals surface area (Å²) in [5, 5.41) is 21.0. The summed E-state index contributed by atoms with van der Waals surface area (Å²) in [7, 11) is 0. The van der Waals surface area contributed by atoms with Gasteiger partial charge in [0.05, 0.1) is 30.4 Å². The van der Waals surface area contributed by atoms with Crippen molar-refractivity contribution in [3.8, 4) is 17.0 Å². The first-order chi connectivity index (χ1) is 16.1. The summed E-state index contributed by atoms with van der Waals surface area (Å²) >= 11 is 0. The highest BCUT2D eigenvalue weighted by Crippen LogP contribution is 2.28. The number of nitrogens with zero attached hydrogens (tertiary/aromatic N) is 2. The van der Waals surface area contributed by atoms with Gasteiger partial charge in [-0.15, -0.1) is 0 Å². The van der Waals surface area contributed by atoms with Gasteiger partial charge in [0, 0.05) is 35.1 Å². The number of fused-ring (bicyclic) bond motifs is 1. The smallest absolute Gasteiger partial charge is 0.258 e. The van der Waals surface area contributed by atoms with E-state index in [2.05, 4.69) is 14.9 Å². The molecule has 0 saturated carbocycles. The minimum atomic E-state index is -0.356. The Kier molecular flexibility index (Phi) is 5.81. The van der Waals surface area contributed by atoms with Gasteiger partial charge in [-0.3, -0.25) is 19.7 Å². The predicted octanol–water partition coefficient (Wildman–Crippen LogP) is 4.20. The van der Waals surface area contributed by atoms with Crippen molar-refractivity contribution < 1.29 is 14.6 Å². The molecule has 5 rings (SSSR count). The molecule has 1 fully saturated rings. The highest BCUT2D eigenvalue weighted by Gasteiger charge is 2.23. The van der Waals surface area contributed by atoms with Crippen molar-refractivity contribution in [2.24, 2.45) is 4.99 Å². The van der Waals surface area contributed by atoms with E-state index < -0.39 is 0 Å². The molecule has 1 aliphatic heterocycles. The second-order valence-electron chi connectivity index (χ2n) is 8.36. The van der Waals surface area contributed by atoms with Gasteiger partial charge in [0.15, 0.2) is 0 Å². The lowest BCUT2D eigenvalue weighted by Gasteiger charge is -2.22. The van der Waals surface area contributed by atoms with Crippen LogP contribution in [-0.4, -0.2) is 45.5 Å². The normalized spacial score (nSPS) is 16.8. The fourth-order valence-electron chi connectivity index (χ4n) is 4.44. The first-order valence-electron chi connectivity index (χ1n) is 11.0. The molecule has 2 aromatic heterocycles. The molecule has 0 aliphatic carbocycles. The maximum Gasteiger partial charge on any atom is 0.258 e. The van der Waals surface area contributed by atoms with Gasteiger partial charge in [0.25, 0.3) is 5.56 Å². The number of aliphatic hydroxyl groups is 1. The number of rotatable bonds is 6. The molecule has 0 bridgehead atoms. The lowest BCUT2D eigenvalue weighted by Crippen LogP contribution is -2.31. The number of H-pyrrole nitrogens is 1. The number of aromatic nitrogens is 1. The largest absolute Gasteiger partial charge is 0.494 e. The molecule has 0 amide bonds. The number of aliphatic imine (C=N–C) groups is 1. The van der Waals surface area contributed by atoms with E-state index in [1.807, 2.05) is 42.5 Å². The van der Waals surface area contributed by atoms with Crippen LogP contribution in [0.3, 0.4) is 0 Å². The van der Waals surface area contributed by atoms with Crippen LogP contribution in [0.5, 0.6) is 5.88 Å². The van der Waals surface area contributed by atoms with Gasteiger partial charge in [0.2, 0.25) is 5.88 Å². The number of furan rings is 1. The van der Waals surface area contributed by atoms with E-state index in [0.717, 1.165) is 48.3 Å². The molecule has 7 heteroatoms. The minimum absolute atomic E-state index is 0.196. The predicted molar refractivity (Wildman–Crippen MR) is 128 cm³/mol. The van der Waals surface area contributed by atoms with Crippen molar-refractivity contribution in [1.29, 1.82) is 0 Å². The lowest BCUT2D eigenvalue weighted by atomic mass is 10.0. The number of aromatic amines is 1. The minimum Gasteiger partial charge on any atom is -0.494 e. The molecule has 33 heavy (non-hydrogen) atoms. The third-order valence-corrected chi connectivity index (χ3v) is 6.27. The second-order valence-corrected chi connectivity index (χ2v) is 8.36. The highest BCUT2D eigenvalue weighted by atomic mass is 16.3. The number of aromatic hydroxyl groups is 1. The summed E-state index contributed by atoms with van der Waals surface area (Å²) in [5.41, 5.74) is 3.76. The maximum absolute atomic E-state index is 12.3. The van der Waals surface area contributed by atoms with Crippen molar-refractivity contribution in [2.45, 2.75) is 25.4 Å². The Morgan fingerprint density at radius 3 is 2.73 bits per heavy atom. The summed E-state index contributed by atoms with van der Waals surface area (Å²) in [6, 6.07) is 15.4. The summed E-state index contributed by atoms with van der Waals surface area (Å²) in [6.07, 6.45) is 6.96. The third-order valence-electron chi connectivity index (χ3n) is 6.27. The summed E-state index contributed by atoms with van der Waals surface area (Å²) in [6.45, 7) is 2.00. The van der Waals surface area contributed by atoms with Crippen molar-refractivity contribution in [1.82, 2.24) is 9.88 Å². The van der Waals surface area contributed by atoms with Gasteiger partial charge in [-0.2, -0.15) is 0 Å². The lowest BCUT2D eigenvalue weighted by molar-refractivity contribution is 0.153. The third kappa shape index (κ3) is 4.33. The standard InChI is InChI=1S/C26H25N3O4/c30-15-21-2-1-10-29(21)14-17-3-6-20(7-4-17)27-13-24-23-12-18(19-9-11-33-16-19)5-8-22(23)25(31)28-26(24)32/h3-9,11-13,16,21,30H,1-2,10,14-15H2,(H2,28,31,32). The molecule has 7 nitrogen and oxygen atoms in total. The van der Waals surface area contributed by atoms with E-state index in [4.69, 9.17) is 4.42 Å². The maximum atomic E-state index is 12.3. The van der Waals surface area contributed by atoms with Crippen LogP contribution in [0, 0.1) is 0 Å². The van der Waals surface area contributed by atoms with Gasteiger partial charge in [0.1, 0.15) is 0 Å². The van der Waals surface area contributed by atoms with Crippen LogP contribution in [-0.2, 0) is 6.54 Å². The van der Waals surface area contributed by atoms with Crippen LogP contribution in [0.25, 0.3) is 21.9 Å². The van der Waals surface area contributed by atoms with Gasteiger partial charge in [-0.1, -0.05) is 18.2 Å². The molecular weight excluding hydrogens is 418 g/mol. The van der Waals surface area contributed by atoms with Crippen molar-refractivity contribution in [2.75, 3.05) is 13.2 Å². The number of benzene rings is 2. The SMILES string of the molecule is O=c1[nH]c(O)c(C=Nc2ccc(CN3CCCC3CO)cc2)c2cc(-c3ccoc3)ccc12. The average Bonchev–Trinajstić information content (AvgIpc) is 3.52. The first kappa shape index (κ1) is 21.2. The molecule has 1 atom stereocenters. The molecule has 4 aromatic rings. The average molecular weight is 444 g/mol. The van der Waals surface area contributed by atoms with Gasteiger partial charge >= 0.3 is 0 Å². The van der Waals surface area contributed by atoms with Crippen LogP contribution in [0.15, 0.2) is 75.3 Å². The molecule has 3 N–H and O–H groups in total. The van der Waals surface area contributed by atoms with E-state index in [1.165, 1.54) is 0 Å². The Labute approximate surface area is 190 Å². The number of aliphatic hydroxyl groups excluding tert-OH is 1. The molecule has 1 saturated heterocycles. The number of hydrogen-bond donors (Lipinski definition) is 3. The van der Waals surface area contributed by atoms with Crippen LogP contribution in [0.1, 0.15) is 24.0 Å². The number of likely N-dealkylation sites (tertiary alicyclic amines) is 1. The molecule has 168 valence electrons. The molecule has 1 aliphatic rings. The summed E-state index contributed by atoms with van der Waals surface area (Å²) in [4.78, 5) is 21.7. The number of nitrogens with one attached hydrogen (secondary N) is 1. The van der Waals surface area contributed by atoms with Crippen LogP contribution >= 0.6 is 0 Å². The Morgan fingerprint density at radius 1 is 1.12 bits per heavy atom. The topological polar surface area (TPSA) is 102 Å². The molecule has 0 radical (unpaired) electrons. The zero-order valence-corrected chi connectivity index (χ0v) is 18.1. The quantitative estimate of drug-likeness (QED) is 0.388. The zero-order valence-electron chi connectivity index (χ0n) is 18.1. The number of pyridine rings is 1. The highest BCUT2D eigenvalue weighted by molar-refractivity contribution is 6.03. The van der Waals surface area contributed by atoms with Crippen LogP contribution in [0.2, 0.25) is 0 Å². The van der Waals surface area contributed by atoms with E-state index >= 15 is 0 Å². The van der Waals surface area contributed by atoms with E-state index in [9.17, 15) is 15.0 Å². The van der Waals surface area contributed by atoms with E-state index in [0.29, 0.717) is 16.3 Å². The fourth-order valence-corrected chi connectivity index (χ4v) is 4.44. The first-order valence-corrected chi connectivity index (χ1v) is 11.0. The van der Waals surface area contributed by atoms with Crippen LogP contribution in [0.4, 0.5) is 5.69 Å². The van der Waals surface area contributed by atoms with Crippen molar-refractivity contribution in [3.63, 3.8) is 0 Å². The molecule has 1 unspecified atom stereocenters. The molecule has 3 heterocycles. The molecule has 0 spiro atoms. The van der Waals surface area contributed by atoms with E-state index in [1.54, 1.807) is 24.8 Å².